The van der Waals surface area contributed by atoms with Gasteiger partial charge >= 0.3 is 0 Å². The van der Waals surface area contributed by atoms with E-state index in [0.717, 1.165) is 11.8 Å². The van der Waals surface area contributed by atoms with Crippen LogP contribution in [0.3, 0.4) is 0 Å². The van der Waals surface area contributed by atoms with Crippen LogP contribution in [-0.4, -0.2) is 0 Å². The summed E-state index contributed by atoms with van der Waals surface area (Å²) in [5.41, 5.74) is 1.72. The molecule has 2 aliphatic rings. The van der Waals surface area contributed by atoms with Gasteiger partial charge in [-0.2, -0.15) is 0 Å². The third-order valence-electron chi connectivity index (χ3n) is 3.11. The zero-order chi connectivity index (χ0) is 7.68. The first-order chi connectivity index (χ1) is 5.40. The van der Waals surface area contributed by atoms with Crippen molar-refractivity contribution in [3.63, 3.8) is 0 Å². The van der Waals surface area contributed by atoms with E-state index in [0.29, 0.717) is 0 Å². The summed E-state index contributed by atoms with van der Waals surface area (Å²) in [7, 11) is 0. The maximum atomic E-state index is 2.34. The topological polar surface area (TPSA) is 0 Å². The molecule has 0 spiro atoms. The summed E-state index contributed by atoms with van der Waals surface area (Å²) in [6.07, 6.45) is 12.4. The number of fused-ring (bicyclic) bond motifs is 1. The Bertz CT molecular complexity index is 198. The molecule has 0 amide bonds. The van der Waals surface area contributed by atoms with E-state index in [-0.39, 0.29) is 0 Å². The fraction of sp³-hybridized carbons (Fsp3) is 0.636. The molecular formula is C11H16. The van der Waals surface area contributed by atoms with Gasteiger partial charge in [0.1, 0.15) is 0 Å². The van der Waals surface area contributed by atoms with Crippen LogP contribution in [0.1, 0.15) is 32.6 Å². The van der Waals surface area contributed by atoms with Crippen molar-refractivity contribution in [2.45, 2.75) is 32.6 Å². The summed E-state index contributed by atoms with van der Waals surface area (Å²) in [5, 5.41) is 0. The van der Waals surface area contributed by atoms with Gasteiger partial charge in [-0.25, -0.2) is 0 Å². The Labute approximate surface area is 69.0 Å². The fourth-order valence-electron chi connectivity index (χ4n) is 2.33. The lowest BCUT2D eigenvalue weighted by Crippen LogP contribution is -1.97. The van der Waals surface area contributed by atoms with Crippen molar-refractivity contribution < 1.29 is 0 Å². The molecule has 60 valence electrons. The van der Waals surface area contributed by atoms with Crippen LogP contribution in [0.15, 0.2) is 23.8 Å². The van der Waals surface area contributed by atoms with Gasteiger partial charge in [-0.15, -0.1) is 0 Å². The van der Waals surface area contributed by atoms with Crippen LogP contribution >= 0.6 is 0 Å². The predicted molar refractivity (Wildman–Crippen MR) is 48.3 cm³/mol. The standard InChI is InChI=1S/C11H16/c1-2-9-7-10-5-3-4-6-11(10)8-9/h3-5,9,11H,2,6-8H2,1H3. The van der Waals surface area contributed by atoms with E-state index in [2.05, 4.69) is 25.2 Å². The van der Waals surface area contributed by atoms with Crippen molar-refractivity contribution in [2.75, 3.05) is 0 Å². The van der Waals surface area contributed by atoms with Crippen molar-refractivity contribution in [3.8, 4) is 0 Å². The molecule has 0 aliphatic heterocycles. The maximum Gasteiger partial charge on any atom is -0.0163 e. The number of hydrogen-bond donors (Lipinski definition) is 0. The lowest BCUT2D eigenvalue weighted by Gasteiger charge is -2.11. The van der Waals surface area contributed by atoms with E-state index in [1.165, 1.54) is 25.7 Å². The highest BCUT2D eigenvalue weighted by Crippen LogP contribution is 2.40. The quantitative estimate of drug-likeness (QED) is 0.535. The summed E-state index contributed by atoms with van der Waals surface area (Å²) in [5.74, 6) is 1.91. The molecule has 0 aromatic rings. The van der Waals surface area contributed by atoms with Gasteiger partial charge in [0, 0.05) is 0 Å². The van der Waals surface area contributed by atoms with Crippen LogP contribution in [-0.2, 0) is 0 Å². The van der Waals surface area contributed by atoms with E-state index in [9.17, 15) is 0 Å². The number of hydrogen-bond acceptors (Lipinski definition) is 0. The molecule has 11 heavy (non-hydrogen) atoms. The summed E-state index contributed by atoms with van der Waals surface area (Å²) < 4.78 is 0. The second-order valence-electron chi connectivity index (χ2n) is 3.82. The second-order valence-corrected chi connectivity index (χ2v) is 3.82. The lowest BCUT2D eigenvalue weighted by atomic mass is 9.94. The van der Waals surface area contributed by atoms with E-state index in [1.54, 1.807) is 5.57 Å². The Morgan fingerprint density at radius 2 is 2.45 bits per heavy atom. The van der Waals surface area contributed by atoms with Gasteiger partial charge < -0.3 is 0 Å². The number of rotatable bonds is 1. The monoisotopic (exact) mass is 148 g/mol. The van der Waals surface area contributed by atoms with Crippen LogP contribution in [0.25, 0.3) is 0 Å². The molecule has 0 aromatic carbocycles. The summed E-state index contributed by atoms with van der Waals surface area (Å²) >= 11 is 0. The van der Waals surface area contributed by atoms with Crippen molar-refractivity contribution in [1.29, 1.82) is 0 Å². The van der Waals surface area contributed by atoms with Crippen LogP contribution < -0.4 is 0 Å². The minimum Gasteiger partial charge on any atom is -0.0839 e. The zero-order valence-corrected chi connectivity index (χ0v) is 7.22. The third kappa shape index (κ3) is 1.26. The second kappa shape index (κ2) is 2.84. The molecule has 0 saturated heterocycles. The van der Waals surface area contributed by atoms with Crippen molar-refractivity contribution >= 4 is 0 Å². The molecule has 2 rings (SSSR count). The molecule has 0 N–H and O–H groups in total. The summed E-state index contributed by atoms with van der Waals surface area (Å²) in [6, 6.07) is 0. The first-order valence-electron chi connectivity index (χ1n) is 4.75. The molecule has 0 nitrogen and oxygen atoms in total. The van der Waals surface area contributed by atoms with Gasteiger partial charge in [0.25, 0.3) is 0 Å². The van der Waals surface area contributed by atoms with E-state index in [4.69, 9.17) is 0 Å². The summed E-state index contributed by atoms with van der Waals surface area (Å²) in [4.78, 5) is 0. The average Bonchev–Trinajstić information content (AvgIpc) is 2.46. The Kier molecular flexibility index (Phi) is 1.85. The van der Waals surface area contributed by atoms with E-state index in [1.807, 2.05) is 0 Å². The lowest BCUT2D eigenvalue weighted by molar-refractivity contribution is 0.487. The molecule has 2 atom stereocenters. The van der Waals surface area contributed by atoms with Crippen LogP contribution in [0.5, 0.6) is 0 Å². The maximum absolute atomic E-state index is 2.34. The van der Waals surface area contributed by atoms with Crippen molar-refractivity contribution in [2.24, 2.45) is 11.8 Å². The number of allylic oxidation sites excluding steroid dienone is 4. The molecule has 2 aliphatic carbocycles. The minimum atomic E-state index is 0.921. The molecule has 0 radical (unpaired) electrons. The largest absolute Gasteiger partial charge is 0.0839 e. The van der Waals surface area contributed by atoms with Crippen LogP contribution in [0, 0.1) is 11.8 Å². The normalized spacial score (nSPS) is 35.2. The minimum absolute atomic E-state index is 0.921. The highest BCUT2D eigenvalue weighted by molar-refractivity contribution is 5.24. The van der Waals surface area contributed by atoms with Gasteiger partial charge in [0.05, 0.1) is 0 Å². The van der Waals surface area contributed by atoms with Crippen LogP contribution in [0.2, 0.25) is 0 Å². The molecule has 0 heterocycles. The Morgan fingerprint density at radius 3 is 3.18 bits per heavy atom. The third-order valence-corrected chi connectivity index (χ3v) is 3.11. The van der Waals surface area contributed by atoms with Gasteiger partial charge in [-0.1, -0.05) is 37.1 Å². The fourth-order valence-corrected chi connectivity index (χ4v) is 2.33. The van der Waals surface area contributed by atoms with Gasteiger partial charge in [0.15, 0.2) is 0 Å². The smallest absolute Gasteiger partial charge is 0.0163 e. The van der Waals surface area contributed by atoms with Crippen LogP contribution in [0.4, 0.5) is 0 Å². The Morgan fingerprint density at radius 1 is 1.55 bits per heavy atom. The first kappa shape index (κ1) is 7.15. The molecule has 0 bridgehead atoms. The molecule has 1 fully saturated rings. The first-order valence-corrected chi connectivity index (χ1v) is 4.75. The van der Waals surface area contributed by atoms with E-state index >= 15 is 0 Å². The molecule has 2 unspecified atom stereocenters. The average molecular weight is 148 g/mol. The van der Waals surface area contributed by atoms with Gasteiger partial charge in [-0.05, 0) is 31.1 Å². The molecule has 0 heteroatoms. The van der Waals surface area contributed by atoms with E-state index < -0.39 is 0 Å². The zero-order valence-electron chi connectivity index (χ0n) is 7.22. The summed E-state index contributed by atoms with van der Waals surface area (Å²) in [6.45, 7) is 2.32. The van der Waals surface area contributed by atoms with Crippen molar-refractivity contribution in [3.05, 3.63) is 23.8 Å². The molecular weight excluding hydrogens is 132 g/mol. The van der Waals surface area contributed by atoms with Crippen molar-refractivity contribution in [1.82, 2.24) is 0 Å². The Hall–Kier alpha value is -0.520. The highest BCUT2D eigenvalue weighted by atomic mass is 14.3. The SMILES string of the molecule is CCC1CC2=CC=CCC2C1. The Balaban J connectivity index is 2.09. The molecule has 0 aromatic heterocycles. The molecule has 1 saturated carbocycles. The van der Waals surface area contributed by atoms with Gasteiger partial charge in [0.2, 0.25) is 0 Å². The van der Waals surface area contributed by atoms with Gasteiger partial charge in [-0.3, -0.25) is 0 Å². The highest BCUT2D eigenvalue weighted by Gasteiger charge is 2.27. The predicted octanol–water partition coefficient (Wildman–Crippen LogP) is 3.31.